The fourth-order valence-corrected chi connectivity index (χ4v) is 3.18. The molecular weight excluding hydrogens is 308 g/mol. The number of fused-ring (bicyclic) bond motifs is 1. The molecule has 2 aromatic rings. The predicted octanol–water partition coefficient (Wildman–Crippen LogP) is 4.84. The van der Waals surface area contributed by atoms with Gasteiger partial charge in [-0.3, -0.25) is 4.79 Å². The van der Waals surface area contributed by atoms with Gasteiger partial charge in [-0.1, -0.05) is 57.2 Å². The summed E-state index contributed by atoms with van der Waals surface area (Å²) in [7, 11) is 0. The van der Waals surface area contributed by atoms with Crippen LogP contribution in [-0.4, -0.2) is 11.6 Å². The van der Waals surface area contributed by atoms with Gasteiger partial charge in [0, 0.05) is 11.1 Å². The molecule has 0 bridgehead atoms. The molecule has 0 unspecified atom stereocenters. The van der Waals surface area contributed by atoms with E-state index in [0.717, 1.165) is 31.4 Å². The lowest BCUT2D eigenvalue weighted by Gasteiger charge is -2.18. The van der Waals surface area contributed by atoms with E-state index in [9.17, 15) is 4.79 Å². The minimum atomic E-state index is -0.158. The van der Waals surface area contributed by atoms with Gasteiger partial charge < -0.3 is 0 Å². The summed E-state index contributed by atoms with van der Waals surface area (Å²) >= 11 is 0. The van der Waals surface area contributed by atoms with Crippen molar-refractivity contribution in [3.05, 3.63) is 70.8 Å². The molecule has 0 spiro atoms. The number of amides is 1. The Morgan fingerprint density at radius 3 is 2.36 bits per heavy atom. The summed E-state index contributed by atoms with van der Waals surface area (Å²) in [5.41, 5.74) is 8.15. The van der Waals surface area contributed by atoms with Crippen molar-refractivity contribution in [2.24, 2.45) is 5.10 Å². The Bertz CT molecular complexity index is 782. The number of carbonyl (C=O) groups is 1. The topological polar surface area (TPSA) is 41.5 Å². The minimum Gasteiger partial charge on any atom is -0.267 e. The van der Waals surface area contributed by atoms with Crippen LogP contribution in [-0.2, 0) is 11.8 Å². The van der Waals surface area contributed by atoms with Crippen molar-refractivity contribution < 1.29 is 4.79 Å². The highest BCUT2D eigenvalue weighted by Gasteiger charge is 2.16. The van der Waals surface area contributed by atoms with E-state index < -0.39 is 0 Å². The summed E-state index contributed by atoms with van der Waals surface area (Å²) < 4.78 is 0. The zero-order chi connectivity index (χ0) is 17.9. The summed E-state index contributed by atoms with van der Waals surface area (Å²) in [4.78, 5) is 12.4. The molecule has 3 rings (SSSR count). The third kappa shape index (κ3) is 4.16. The zero-order valence-electron chi connectivity index (χ0n) is 15.3. The van der Waals surface area contributed by atoms with Crippen molar-refractivity contribution in [2.75, 3.05) is 0 Å². The molecule has 0 saturated heterocycles. The summed E-state index contributed by atoms with van der Waals surface area (Å²) in [6.45, 7) is 6.49. The molecule has 1 N–H and O–H groups in total. The van der Waals surface area contributed by atoms with Crippen LogP contribution in [0.5, 0.6) is 0 Å². The van der Waals surface area contributed by atoms with E-state index in [1.807, 2.05) is 30.3 Å². The Morgan fingerprint density at radius 2 is 1.64 bits per heavy atom. The molecule has 0 saturated carbocycles. The van der Waals surface area contributed by atoms with Crippen LogP contribution in [0.3, 0.4) is 0 Å². The quantitative estimate of drug-likeness (QED) is 0.619. The molecule has 0 aromatic heterocycles. The zero-order valence-corrected chi connectivity index (χ0v) is 15.3. The van der Waals surface area contributed by atoms with Gasteiger partial charge >= 0.3 is 0 Å². The molecule has 3 heteroatoms. The SMILES string of the molecule is CC(C)(C)c1ccc(C(=O)N/N=C2/CCCCc3ccccc32)cc1. The second-order valence-electron chi connectivity index (χ2n) is 7.69. The number of nitrogens with zero attached hydrogens (tertiary/aromatic N) is 1. The summed E-state index contributed by atoms with van der Waals surface area (Å²) in [5.74, 6) is -0.158. The monoisotopic (exact) mass is 334 g/mol. The maximum atomic E-state index is 12.4. The Morgan fingerprint density at radius 1 is 0.960 bits per heavy atom. The number of benzene rings is 2. The van der Waals surface area contributed by atoms with Crippen molar-refractivity contribution in [3.63, 3.8) is 0 Å². The molecule has 0 atom stereocenters. The first-order valence-electron chi connectivity index (χ1n) is 9.01. The van der Waals surface area contributed by atoms with Crippen LogP contribution < -0.4 is 5.43 Å². The van der Waals surface area contributed by atoms with E-state index in [1.165, 1.54) is 16.7 Å². The van der Waals surface area contributed by atoms with Crippen molar-refractivity contribution in [3.8, 4) is 0 Å². The van der Waals surface area contributed by atoms with E-state index in [2.05, 4.69) is 49.5 Å². The lowest BCUT2D eigenvalue weighted by atomic mass is 9.87. The highest BCUT2D eigenvalue weighted by Crippen LogP contribution is 2.23. The lowest BCUT2D eigenvalue weighted by molar-refractivity contribution is 0.0954. The molecule has 2 aromatic carbocycles. The highest BCUT2D eigenvalue weighted by atomic mass is 16.2. The third-order valence-electron chi connectivity index (χ3n) is 4.74. The van der Waals surface area contributed by atoms with E-state index >= 15 is 0 Å². The van der Waals surface area contributed by atoms with E-state index in [1.54, 1.807) is 0 Å². The van der Waals surface area contributed by atoms with Crippen LogP contribution in [0.15, 0.2) is 53.6 Å². The molecule has 0 aliphatic heterocycles. The van der Waals surface area contributed by atoms with Crippen LogP contribution >= 0.6 is 0 Å². The van der Waals surface area contributed by atoms with Crippen LogP contribution in [0.1, 0.15) is 67.1 Å². The van der Waals surface area contributed by atoms with Gasteiger partial charge in [0.25, 0.3) is 5.91 Å². The molecule has 0 radical (unpaired) electrons. The number of hydrazone groups is 1. The third-order valence-corrected chi connectivity index (χ3v) is 4.74. The van der Waals surface area contributed by atoms with Crippen LogP contribution in [0, 0.1) is 0 Å². The highest BCUT2D eigenvalue weighted by molar-refractivity contribution is 6.03. The van der Waals surface area contributed by atoms with Gasteiger partial charge in [-0.05, 0) is 54.4 Å². The molecule has 0 fully saturated rings. The molecule has 1 amide bonds. The van der Waals surface area contributed by atoms with Gasteiger partial charge in [-0.2, -0.15) is 5.10 Å². The molecule has 130 valence electrons. The average molecular weight is 334 g/mol. The van der Waals surface area contributed by atoms with Gasteiger partial charge in [0.15, 0.2) is 0 Å². The first kappa shape index (κ1) is 17.4. The normalized spacial score (nSPS) is 16.2. The minimum absolute atomic E-state index is 0.0826. The van der Waals surface area contributed by atoms with Crippen molar-refractivity contribution in [1.82, 2.24) is 5.43 Å². The maximum Gasteiger partial charge on any atom is 0.271 e. The second-order valence-corrected chi connectivity index (χ2v) is 7.69. The van der Waals surface area contributed by atoms with Crippen molar-refractivity contribution in [2.45, 2.75) is 51.9 Å². The smallest absolute Gasteiger partial charge is 0.267 e. The fraction of sp³-hybridized carbons (Fsp3) is 0.364. The Kier molecular flexibility index (Phi) is 5.03. The van der Waals surface area contributed by atoms with Crippen LogP contribution in [0.2, 0.25) is 0 Å². The maximum absolute atomic E-state index is 12.4. The van der Waals surface area contributed by atoms with Gasteiger partial charge in [0.1, 0.15) is 0 Å². The average Bonchev–Trinajstić information content (AvgIpc) is 2.81. The number of carbonyl (C=O) groups excluding carboxylic acids is 1. The van der Waals surface area contributed by atoms with E-state index in [-0.39, 0.29) is 11.3 Å². The largest absolute Gasteiger partial charge is 0.271 e. The van der Waals surface area contributed by atoms with Gasteiger partial charge in [0.2, 0.25) is 0 Å². The summed E-state index contributed by atoms with van der Waals surface area (Å²) in [5, 5.41) is 4.45. The molecule has 0 heterocycles. The van der Waals surface area contributed by atoms with Crippen molar-refractivity contribution >= 4 is 11.6 Å². The number of hydrogen-bond donors (Lipinski definition) is 1. The molecular formula is C22H26N2O. The number of rotatable bonds is 2. The van der Waals surface area contributed by atoms with Crippen LogP contribution in [0.4, 0.5) is 0 Å². The molecule has 1 aliphatic carbocycles. The molecule has 3 nitrogen and oxygen atoms in total. The molecule has 25 heavy (non-hydrogen) atoms. The first-order valence-corrected chi connectivity index (χ1v) is 9.01. The summed E-state index contributed by atoms with van der Waals surface area (Å²) in [6.07, 6.45) is 4.25. The standard InChI is InChI=1S/C22H26N2O/c1-22(2,3)18-14-12-17(13-15-18)21(25)24-23-20-11-7-5-9-16-8-4-6-10-19(16)20/h4,6,8,10,12-15H,5,7,9,11H2,1-3H3,(H,24,25)/b23-20-. The van der Waals surface area contributed by atoms with Gasteiger partial charge in [0.05, 0.1) is 5.71 Å². The number of nitrogens with one attached hydrogen (secondary N) is 1. The summed E-state index contributed by atoms with van der Waals surface area (Å²) in [6, 6.07) is 16.1. The first-order chi connectivity index (χ1) is 11.9. The van der Waals surface area contributed by atoms with E-state index in [0.29, 0.717) is 5.56 Å². The van der Waals surface area contributed by atoms with E-state index in [4.69, 9.17) is 0 Å². The fourth-order valence-electron chi connectivity index (χ4n) is 3.18. The predicted molar refractivity (Wildman–Crippen MR) is 103 cm³/mol. The Labute approximate surface area is 150 Å². The molecule has 1 aliphatic rings. The number of aryl methyl sites for hydroxylation is 1. The van der Waals surface area contributed by atoms with Gasteiger partial charge in [-0.25, -0.2) is 5.43 Å². The Balaban J connectivity index is 1.76. The van der Waals surface area contributed by atoms with Crippen LogP contribution in [0.25, 0.3) is 0 Å². The lowest BCUT2D eigenvalue weighted by Crippen LogP contribution is -2.20. The van der Waals surface area contributed by atoms with Crippen molar-refractivity contribution in [1.29, 1.82) is 0 Å². The Hall–Kier alpha value is -2.42. The van der Waals surface area contributed by atoms with Gasteiger partial charge in [-0.15, -0.1) is 0 Å². The second kappa shape index (κ2) is 7.22. The number of hydrogen-bond acceptors (Lipinski definition) is 2.